The summed E-state index contributed by atoms with van der Waals surface area (Å²) in [6.45, 7) is 7.35. The third-order valence-corrected chi connectivity index (χ3v) is 7.54. The molecule has 0 saturated carbocycles. The van der Waals surface area contributed by atoms with E-state index in [4.69, 9.17) is 0 Å². The fraction of sp³-hybridized carbons (Fsp3) is 0.750. The summed E-state index contributed by atoms with van der Waals surface area (Å²) in [5.41, 5.74) is 1.35. The van der Waals surface area contributed by atoms with E-state index in [-0.39, 0.29) is 5.92 Å². The van der Waals surface area contributed by atoms with Crippen LogP contribution in [0.3, 0.4) is 0 Å². The molecule has 0 radical (unpaired) electrons. The molecule has 6 heteroatoms. The van der Waals surface area contributed by atoms with Gasteiger partial charge in [-0.25, -0.2) is 0 Å². The van der Waals surface area contributed by atoms with Gasteiger partial charge in [0.25, 0.3) is 0 Å². The van der Waals surface area contributed by atoms with Crippen molar-refractivity contribution in [3.8, 4) is 0 Å². The third-order valence-electron chi connectivity index (χ3n) is 7.54. The van der Waals surface area contributed by atoms with Crippen molar-refractivity contribution < 1.29 is 4.79 Å². The summed E-state index contributed by atoms with van der Waals surface area (Å²) in [7, 11) is 4.31. The van der Waals surface area contributed by atoms with Gasteiger partial charge in [-0.2, -0.15) is 0 Å². The van der Waals surface area contributed by atoms with E-state index in [1.165, 1.54) is 31.4 Å². The number of likely N-dealkylation sites (tertiary alicyclic amines) is 3. The molecule has 1 aromatic heterocycles. The quantitative estimate of drug-likeness (QED) is 0.741. The Balaban J connectivity index is 1.24. The average Bonchev–Trinajstić information content (AvgIpc) is 2.80. The van der Waals surface area contributed by atoms with E-state index in [0.29, 0.717) is 18.0 Å². The number of carbonyl (C=O) groups excluding carboxylic acids is 1. The van der Waals surface area contributed by atoms with E-state index < -0.39 is 0 Å². The zero-order valence-corrected chi connectivity index (χ0v) is 18.9. The van der Waals surface area contributed by atoms with E-state index in [0.717, 1.165) is 58.5 Å². The highest BCUT2D eigenvalue weighted by molar-refractivity contribution is 5.79. The molecule has 1 aromatic rings. The first kappa shape index (κ1) is 21.7. The number of hydrogen-bond donors (Lipinski definition) is 0. The predicted octanol–water partition coefficient (Wildman–Crippen LogP) is 2.31. The molecule has 0 aliphatic carbocycles. The minimum absolute atomic E-state index is 0.213. The Morgan fingerprint density at radius 2 is 1.70 bits per heavy atom. The number of nitrogens with zero attached hydrogens (tertiary/aromatic N) is 5. The minimum Gasteiger partial charge on any atom is -0.342 e. The second-order valence-electron chi connectivity index (χ2n) is 9.72. The largest absolute Gasteiger partial charge is 0.342 e. The number of aromatic nitrogens is 1. The van der Waals surface area contributed by atoms with Gasteiger partial charge in [0, 0.05) is 50.7 Å². The summed E-state index contributed by atoms with van der Waals surface area (Å²) >= 11 is 0. The van der Waals surface area contributed by atoms with Gasteiger partial charge in [0.05, 0.1) is 5.92 Å². The van der Waals surface area contributed by atoms with Crippen LogP contribution in [0.4, 0.5) is 0 Å². The summed E-state index contributed by atoms with van der Waals surface area (Å²) in [6, 6.07) is 5.52. The van der Waals surface area contributed by atoms with Crippen molar-refractivity contribution in [2.75, 3.05) is 53.4 Å². The lowest BCUT2D eigenvalue weighted by atomic mass is 9.92. The molecule has 30 heavy (non-hydrogen) atoms. The summed E-state index contributed by atoms with van der Waals surface area (Å²) in [4.78, 5) is 27.0. The highest BCUT2D eigenvalue weighted by Crippen LogP contribution is 2.27. The lowest BCUT2D eigenvalue weighted by Crippen LogP contribution is -2.52. The maximum atomic E-state index is 13.2. The summed E-state index contributed by atoms with van der Waals surface area (Å²) in [6.07, 6.45) is 10.7. The predicted molar refractivity (Wildman–Crippen MR) is 120 cm³/mol. The molecule has 1 amide bonds. The minimum atomic E-state index is 0.213. The van der Waals surface area contributed by atoms with Gasteiger partial charge in [-0.3, -0.25) is 19.6 Å². The van der Waals surface area contributed by atoms with Crippen LogP contribution >= 0.6 is 0 Å². The smallest absolute Gasteiger partial charge is 0.226 e. The van der Waals surface area contributed by atoms with Crippen molar-refractivity contribution in [2.24, 2.45) is 5.92 Å². The lowest BCUT2D eigenvalue weighted by Gasteiger charge is -2.43. The zero-order chi connectivity index (χ0) is 20.9. The highest BCUT2D eigenvalue weighted by atomic mass is 16.2. The van der Waals surface area contributed by atoms with Gasteiger partial charge in [0.1, 0.15) is 0 Å². The molecule has 0 spiro atoms. The maximum absolute atomic E-state index is 13.2. The van der Waals surface area contributed by atoms with E-state index in [2.05, 4.69) is 50.8 Å². The van der Waals surface area contributed by atoms with Crippen molar-refractivity contribution in [3.63, 3.8) is 0 Å². The van der Waals surface area contributed by atoms with Crippen LogP contribution in [0, 0.1) is 5.92 Å². The van der Waals surface area contributed by atoms with Gasteiger partial charge in [0.15, 0.2) is 0 Å². The Morgan fingerprint density at radius 3 is 2.37 bits per heavy atom. The summed E-state index contributed by atoms with van der Waals surface area (Å²) < 4.78 is 0. The van der Waals surface area contributed by atoms with Crippen LogP contribution in [0.15, 0.2) is 24.5 Å². The Labute approximate surface area is 182 Å². The van der Waals surface area contributed by atoms with Crippen molar-refractivity contribution in [1.29, 1.82) is 0 Å². The van der Waals surface area contributed by atoms with Crippen molar-refractivity contribution in [2.45, 2.75) is 57.2 Å². The molecule has 0 unspecified atom stereocenters. The third kappa shape index (κ3) is 5.40. The number of piperidine rings is 3. The second kappa shape index (κ2) is 10.2. The van der Waals surface area contributed by atoms with E-state index in [9.17, 15) is 4.79 Å². The molecule has 0 N–H and O–H groups in total. The molecule has 3 fully saturated rings. The molecule has 166 valence electrons. The van der Waals surface area contributed by atoms with Gasteiger partial charge in [-0.05, 0) is 90.0 Å². The summed E-state index contributed by atoms with van der Waals surface area (Å²) in [5, 5.41) is 0. The van der Waals surface area contributed by atoms with E-state index >= 15 is 0 Å². The normalized spacial score (nSPS) is 25.7. The Bertz CT molecular complexity index is 665. The zero-order valence-electron chi connectivity index (χ0n) is 18.9. The lowest BCUT2D eigenvalue weighted by molar-refractivity contribution is -0.139. The van der Waals surface area contributed by atoms with Gasteiger partial charge >= 0.3 is 0 Å². The molecule has 3 saturated heterocycles. The molecule has 4 rings (SSSR count). The first-order valence-electron chi connectivity index (χ1n) is 11.9. The number of carbonyl (C=O) groups is 1. The first-order chi connectivity index (χ1) is 14.6. The van der Waals surface area contributed by atoms with Crippen LogP contribution in [-0.2, 0) is 11.3 Å². The highest BCUT2D eigenvalue weighted by Gasteiger charge is 2.34. The Kier molecular flexibility index (Phi) is 7.39. The van der Waals surface area contributed by atoms with Gasteiger partial charge in [-0.15, -0.1) is 0 Å². The number of amides is 1. The van der Waals surface area contributed by atoms with Crippen LogP contribution in [0.5, 0.6) is 0 Å². The fourth-order valence-corrected chi connectivity index (χ4v) is 5.59. The monoisotopic (exact) mass is 413 g/mol. The van der Waals surface area contributed by atoms with Crippen LogP contribution in [0.1, 0.15) is 44.1 Å². The number of rotatable bonds is 5. The fourth-order valence-electron chi connectivity index (χ4n) is 5.59. The molecule has 1 atom stereocenters. The van der Waals surface area contributed by atoms with Crippen molar-refractivity contribution in [1.82, 2.24) is 24.6 Å². The molecule has 6 nitrogen and oxygen atoms in total. The van der Waals surface area contributed by atoms with Crippen molar-refractivity contribution >= 4 is 5.91 Å². The van der Waals surface area contributed by atoms with Gasteiger partial charge < -0.3 is 9.80 Å². The molecular formula is C24H39N5O. The van der Waals surface area contributed by atoms with Gasteiger partial charge in [-0.1, -0.05) is 0 Å². The molecule has 3 aliphatic heterocycles. The van der Waals surface area contributed by atoms with Crippen LogP contribution < -0.4 is 0 Å². The maximum Gasteiger partial charge on any atom is 0.226 e. The number of pyridine rings is 1. The topological polar surface area (TPSA) is 42.9 Å². The Hall–Kier alpha value is -1.50. The van der Waals surface area contributed by atoms with E-state index in [1.807, 2.05) is 12.4 Å². The molecule has 3 aliphatic rings. The standard InChI is InChI=1S/C24H39N5O/c1-26(2)22-9-16-28(17-10-22)24(30)21-4-3-13-29(19-21)23-7-14-27(15-8-23)18-20-5-11-25-12-6-20/h5-6,11-12,21-23H,3-4,7-10,13-19H2,1-2H3/t21-/m1/s1. The summed E-state index contributed by atoms with van der Waals surface area (Å²) in [5.74, 6) is 0.636. The molecule has 0 aromatic carbocycles. The SMILES string of the molecule is CN(C)C1CCN(C(=O)[C@@H]2CCCN(C3CCN(Cc4ccncc4)CC3)C2)CC1. The Morgan fingerprint density at radius 1 is 1.00 bits per heavy atom. The van der Waals surface area contributed by atoms with Crippen LogP contribution in [-0.4, -0.2) is 95.9 Å². The van der Waals surface area contributed by atoms with Gasteiger partial charge in [0.2, 0.25) is 5.91 Å². The second-order valence-corrected chi connectivity index (χ2v) is 9.72. The van der Waals surface area contributed by atoms with Crippen LogP contribution in [0.2, 0.25) is 0 Å². The average molecular weight is 414 g/mol. The van der Waals surface area contributed by atoms with Crippen LogP contribution in [0.25, 0.3) is 0 Å². The molecule has 0 bridgehead atoms. The molecule has 4 heterocycles. The first-order valence-corrected chi connectivity index (χ1v) is 11.9. The number of hydrogen-bond acceptors (Lipinski definition) is 5. The van der Waals surface area contributed by atoms with E-state index in [1.54, 1.807) is 0 Å². The molecular weight excluding hydrogens is 374 g/mol. The van der Waals surface area contributed by atoms with Crippen molar-refractivity contribution in [3.05, 3.63) is 30.1 Å².